The Morgan fingerprint density at radius 3 is 2.44 bits per heavy atom. The molecule has 1 aromatic rings. The van der Waals surface area contributed by atoms with Gasteiger partial charge in [-0.25, -0.2) is 8.42 Å². The first-order valence-corrected chi connectivity index (χ1v) is 11.7. The van der Waals surface area contributed by atoms with Gasteiger partial charge >= 0.3 is 0 Å². The number of amides is 1. The quantitative estimate of drug-likeness (QED) is 0.855. The second-order valence-corrected chi connectivity index (χ2v) is 9.66. The molecule has 150 valence electrons. The molecule has 2 aliphatic rings. The smallest absolute Gasteiger partial charge is 0.261 e. The molecule has 0 radical (unpaired) electrons. The van der Waals surface area contributed by atoms with E-state index in [9.17, 15) is 13.2 Å². The Hall–Kier alpha value is -1.76. The number of carbonyl (C=O) groups excluding carboxylic acids is 1. The normalized spacial score (nSPS) is 22.0. The van der Waals surface area contributed by atoms with E-state index in [1.54, 1.807) is 12.1 Å². The highest BCUT2D eigenvalue weighted by molar-refractivity contribution is 7.92. The molecular weight excluding hydrogens is 364 g/mol. The predicted molar refractivity (Wildman–Crippen MR) is 107 cm³/mol. The zero-order valence-corrected chi connectivity index (χ0v) is 17.1. The molecule has 0 saturated heterocycles. The molecule has 27 heavy (non-hydrogen) atoms. The van der Waals surface area contributed by atoms with Gasteiger partial charge in [-0.1, -0.05) is 38.2 Å². The fourth-order valence-corrected chi connectivity index (χ4v) is 4.85. The van der Waals surface area contributed by atoms with Gasteiger partial charge in [0.2, 0.25) is 10.0 Å². The number of rotatable bonds is 3. The Balaban J connectivity index is 1.76. The monoisotopic (exact) mass is 394 g/mol. The number of aryl methyl sites for hydroxylation is 1. The van der Waals surface area contributed by atoms with E-state index in [1.807, 2.05) is 13.0 Å². The lowest BCUT2D eigenvalue weighted by atomic mass is 9.96. The Kier molecular flexibility index (Phi) is 6.29. The second kappa shape index (κ2) is 8.50. The highest BCUT2D eigenvalue weighted by Crippen LogP contribution is 2.35. The molecule has 1 fully saturated rings. The number of benzene rings is 1. The lowest BCUT2D eigenvalue weighted by Gasteiger charge is -2.24. The third kappa shape index (κ3) is 5.15. The summed E-state index contributed by atoms with van der Waals surface area (Å²) in [5, 5.41) is 3.15. The van der Waals surface area contributed by atoms with Gasteiger partial charge in [0.15, 0.2) is 6.10 Å². The number of carbonyl (C=O) groups is 1. The van der Waals surface area contributed by atoms with E-state index >= 15 is 0 Å². The van der Waals surface area contributed by atoms with Crippen LogP contribution in [0.4, 0.5) is 5.69 Å². The van der Waals surface area contributed by atoms with Crippen molar-refractivity contribution in [3.05, 3.63) is 23.8 Å². The molecule has 0 aromatic heterocycles. The van der Waals surface area contributed by atoms with Crippen molar-refractivity contribution < 1.29 is 17.9 Å². The van der Waals surface area contributed by atoms with Crippen LogP contribution in [0.5, 0.6) is 5.75 Å². The summed E-state index contributed by atoms with van der Waals surface area (Å²) >= 11 is 0. The van der Waals surface area contributed by atoms with E-state index in [-0.39, 0.29) is 18.5 Å². The van der Waals surface area contributed by atoms with Crippen molar-refractivity contribution in [2.75, 3.05) is 17.1 Å². The van der Waals surface area contributed by atoms with Crippen LogP contribution in [-0.2, 0) is 14.8 Å². The van der Waals surface area contributed by atoms with Gasteiger partial charge in [-0.3, -0.25) is 9.10 Å². The molecule has 0 unspecified atom stereocenters. The maximum Gasteiger partial charge on any atom is 0.261 e. The molecule has 7 heteroatoms. The molecular formula is C20H30N2O4S. The summed E-state index contributed by atoms with van der Waals surface area (Å²) in [7, 11) is -3.44. The molecule has 1 atom stereocenters. The SMILES string of the molecule is Cc1ccc2c(c1)N(S(C)(=O)=O)CC[C@H](C(=O)NC1CCCCCCC1)O2. The second-order valence-electron chi connectivity index (χ2n) is 7.75. The first kappa shape index (κ1) is 20.0. The zero-order valence-electron chi connectivity index (χ0n) is 16.2. The summed E-state index contributed by atoms with van der Waals surface area (Å²) in [6, 6.07) is 5.61. The largest absolute Gasteiger partial charge is 0.478 e. The average Bonchev–Trinajstić information content (AvgIpc) is 2.76. The Morgan fingerprint density at radius 2 is 1.78 bits per heavy atom. The van der Waals surface area contributed by atoms with Crippen molar-refractivity contribution >= 4 is 21.6 Å². The van der Waals surface area contributed by atoms with Gasteiger partial charge in [-0.2, -0.15) is 0 Å². The van der Waals surface area contributed by atoms with Gasteiger partial charge < -0.3 is 10.1 Å². The van der Waals surface area contributed by atoms with Gasteiger partial charge in [0.1, 0.15) is 5.75 Å². The average molecular weight is 395 g/mol. The lowest BCUT2D eigenvalue weighted by Crippen LogP contribution is -2.44. The molecule has 1 amide bonds. The lowest BCUT2D eigenvalue weighted by molar-refractivity contribution is -0.128. The molecule has 1 aliphatic carbocycles. The Morgan fingerprint density at radius 1 is 1.11 bits per heavy atom. The molecule has 1 aliphatic heterocycles. The summed E-state index contributed by atoms with van der Waals surface area (Å²) in [5.74, 6) is 0.309. The van der Waals surface area contributed by atoms with E-state index in [0.717, 1.165) is 31.2 Å². The molecule has 1 heterocycles. The zero-order chi connectivity index (χ0) is 19.4. The minimum Gasteiger partial charge on any atom is -0.478 e. The van der Waals surface area contributed by atoms with Crippen molar-refractivity contribution in [1.29, 1.82) is 0 Å². The van der Waals surface area contributed by atoms with Crippen LogP contribution in [0, 0.1) is 6.92 Å². The number of nitrogens with zero attached hydrogens (tertiary/aromatic N) is 1. The first-order valence-electron chi connectivity index (χ1n) is 9.90. The van der Waals surface area contributed by atoms with E-state index < -0.39 is 16.1 Å². The molecule has 6 nitrogen and oxygen atoms in total. The predicted octanol–water partition coefficient (Wildman–Crippen LogP) is 3.14. The number of fused-ring (bicyclic) bond motifs is 1. The van der Waals surface area contributed by atoms with E-state index in [1.165, 1.54) is 29.8 Å². The third-order valence-electron chi connectivity index (χ3n) is 5.39. The van der Waals surface area contributed by atoms with Gasteiger partial charge in [-0.15, -0.1) is 0 Å². The van der Waals surface area contributed by atoms with Crippen LogP contribution in [0.15, 0.2) is 18.2 Å². The van der Waals surface area contributed by atoms with Crippen molar-refractivity contribution in [3.8, 4) is 5.75 Å². The number of hydrogen-bond acceptors (Lipinski definition) is 4. The minimum atomic E-state index is -3.44. The number of anilines is 1. The summed E-state index contributed by atoms with van der Waals surface area (Å²) in [6.07, 6.45) is 8.86. The fraction of sp³-hybridized carbons (Fsp3) is 0.650. The summed E-state index contributed by atoms with van der Waals surface area (Å²) in [4.78, 5) is 12.8. The Labute approximate surface area is 162 Å². The highest BCUT2D eigenvalue weighted by atomic mass is 32.2. The van der Waals surface area contributed by atoms with Crippen LogP contribution in [0.3, 0.4) is 0 Å². The van der Waals surface area contributed by atoms with Crippen LogP contribution in [0.2, 0.25) is 0 Å². The van der Waals surface area contributed by atoms with Crippen LogP contribution in [0.25, 0.3) is 0 Å². The number of hydrogen-bond donors (Lipinski definition) is 1. The molecule has 3 rings (SSSR count). The molecule has 1 N–H and O–H groups in total. The number of sulfonamides is 1. The number of ether oxygens (including phenoxy) is 1. The maximum atomic E-state index is 12.8. The van der Waals surface area contributed by atoms with Crippen molar-refractivity contribution in [3.63, 3.8) is 0 Å². The fourth-order valence-electron chi connectivity index (χ4n) is 3.91. The standard InChI is InChI=1S/C20H30N2O4S/c1-15-10-11-18-17(14-15)22(27(2,24)25)13-12-19(26-18)20(23)21-16-8-6-4-3-5-7-9-16/h10-11,14,16,19H,3-9,12-13H2,1-2H3,(H,21,23)/t19-/m1/s1. The van der Waals surface area contributed by atoms with Crippen LogP contribution >= 0.6 is 0 Å². The number of nitrogens with one attached hydrogen (secondary N) is 1. The summed E-state index contributed by atoms with van der Waals surface area (Å²) < 4.78 is 31.8. The molecule has 1 aromatic carbocycles. The minimum absolute atomic E-state index is 0.137. The molecule has 0 bridgehead atoms. The van der Waals surface area contributed by atoms with Crippen molar-refractivity contribution in [1.82, 2.24) is 5.32 Å². The van der Waals surface area contributed by atoms with Gasteiger partial charge in [0.05, 0.1) is 11.9 Å². The maximum absolute atomic E-state index is 12.8. The topological polar surface area (TPSA) is 75.7 Å². The van der Waals surface area contributed by atoms with Crippen LogP contribution in [0.1, 0.15) is 56.9 Å². The van der Waals surface area contributed by atoms with E-state index in [0.29, 0.717) is 17.9 Å². The molecule has 1 saturated carbocycles. The highest BCUT2D eigenvalue weighted by Gasteiger charge is 2.32. The Bertz CT molecular complexity index is 770. The van der Waals surface area contributed by atoms with Crippen LogP contribution in [-0.4, -0.2) is 39.3 Å². The van der Waals surface area contributed by atoms with Crippen molar-refractivity contribution in [2.45, 2.75) is 70.4 Å². The van der Waals surface area contributed by atoms with E-state index in [2.05, 4.69) is 5.32 Å². The molecule has 0 spiro atoms. The van der Waals surface area contributed by atoms with E-state index in [4.69, 9.17) is 4.74 Å². The summed E-state index contributed by atoms with van der Waals surface area (Å²) in [6.45, 7) is 2.14. The van der Waals surface area contributed by atoms with Gasteiger partial charge in [-0.05, 0) is 37.5 Å². The van der Waals surface area contributed by atoms with Crippen LogP contribution < -0.4 is 14.4 Å². The van der Waals surface area contributed by atoms with Gasteiger partial charge in [0, 0.05) is 19.0 Å². The van der Waals surface area contributed by atoms with Gasteiger partial charge in [0.25, 0.3) is 5.91 Å². The summed E-state index contributed by atoms with van der Waals surface area (Å²) in [5.41, 5.74) is 1.46. The van der Waals surface area contributed by atoms with Crippen molar-refractivity contribution in [2.24, 2.45) is 0 Å². The first-order chi connectivity index (χ1) is 12.8. The third-order valence-corrected chi connectivity index (χ3v) is 6.57.